The van der Waals surface area contributed by atoms with Crippen molar-refractivity contribution in [2.24, 2.45) is 0 Å². The molecule has 0 aliphatic heterocycles. The molecule has 0 fully saturated rings. The van der Waals surface area contributed by atoms with Gasteiger partial charge in [-0.1, -0.05) is 19.9 Å². The summed E-state index contributed by atoms with van der Waals surface area (Å²) in [5, 5.41) is 7.92. The van der Waals surface area contributed by atoms with Crippen molar-refractivity contribution in [3.05, 3.63) is 38.5 Å². The first-order valence-corrected chi connectivity index (χ1v) is 7.64. The fourth-order valence-corrected chi connectivity index (χ4v) is 3.08. The molecule has 96 valence electrons. The van der Waals surface area contributed by atoms with Gasteiger partial charge < -0.3 is 5.32 Å². The smallest absolute Gasteiger partial charge is 0.225 e. The zero-order valence-corrected chi connectivity index (χ0v) is 12.1. The van der Waals surface area contributed by atoms with Crippen molar-refractivity contribution in [1.82, 2.24) is 10.3 Å². The quantitative estimate of drug-likeness (QED) is 0.914. The second-order valence-corrected chi connectivity index (χ2v) is 6.33. The molecule has 0 bridgehead atoms. The Balaban J connectivity index is 1.81. The van der Waals surface area contributed by atoms with E-state index in [1.54, 1.807) is 22.7 Å². The van der Waals surface area contributed by atoms with Gasteiger partial charge in [0.15, 0.2) is 0 Å². The Labute approximate surface area is 115 Å². The van der Waals surface area contributed by atoms with Crippen LogP contribution in [-0.2, 0) is 17.8 Å². The molecule has 0 atom stereocenters. The number of aromatic nitrogens is 1. The van der Waals surface area contributed by atoms with Gasteiger partial charge in [-0.2, -0.15) is 0 Å². The highest BCUT2D eigenvalue weighted by Crippen LogP contribution is 2.17. The van der Waals surface area contributed by atoms with Crippen LogP contribution >= 0.6 is 22.7 Å². The molecular formula is C13H16N2OS2. The third kappa shape index (κ3) is 3.65. The van der Waals surface area contributed by atoms with Crippen LogP contribution in [0.3, 0.4) is 0 Å². The molecule has 18 heavy (non-hydrogen) atoms. The summed E-state index contributed by atoms with van der Waals surface area (Å²) in [4.78, 5) is 17.3. The summed E-state index contributed by atoms with van der Waals surface area (Å²) in [5.41, 5.74) is 1.10. The Kier molecular flexibility index (Phi) is 4.49. The van der Waals surface area contributed by atoms with E-state index < -0.39 is 0 Å². The zero-order valence-electron chi connectivity index (χ0n) is 10.5. The summed E-state index contributed by atoms with van der Waals surface area (Å²) in [6.45, 7) is 4.77. The van der Waals surface area contributed by atoms with E-state index in [1.165, 1.54) is 0 Å². The summed E-state index contributed by atoms with van der Waals surface area (Å²) < 4.78 is 0. The molecule has 0 aliphatic rings. The molecule has 1 amide bonds. The van der Waals surface area contributed by atoms with E-state index in [1.807, 2.05) is 17.5 Å². The van der Waals surface area contributed by atoms with Crippen molar-refractivity contribution in [2.75, 3.05) is 0 Å². The predicted molar refractivity (Wildman–Crippen MR) is 76.1 cm³/mol. The van der Waals surface area contributed by atoms with Gasteiger partial charge >= 0.3 is 0 Å². The molecule has 0 aliphatic carbocycles. The first kappa shape index (κ1) is 13.2. The van der Waals surface area contributed by atoms with Crippen molar-refractivity contribution in [3.63, 3.8) is 0 Å². The zero-order chi connectivity index (χ0) is 13.0. The van der Waals surface area contributed by atoms with Gasteiger partial charge in [-0.15, -0.1) is 22.7 Å². The van der Waals surface area contributed by atoms with Crippen LogP contribution in [0.25, 0.3) is 0 Å². The summed E-state index contributed by atoms with van der Waals surface area (Å²) in [6.07, 6.45) is 0.458. The normalized spacial score (nSPS) is 10.8. The molecule has 2 heterocycles. The highest BCUT2D eigenvalue weighted by Gasteiger charge is 2.08. The Hall–Kier alpha value is -1.20. The summed E-state index contributed by atoms with van der Waals surface area (Å²) >= 11 is 3.21. The maximum absolute atomic E-state index is 11.7. The highest BCUT2D eigenvalue weighted by atomic mass is 32.1. The molecule has 3 nitrogen and oxygen atoms in total. The second-order valence-electron chi connectivity index (χ2n) is 4.35. The number of thiophene rings is 1. The fourth-order valence-electron chi connectivity index (χ4n) is 1.48. The molecule has 5 heteroatoms. The molecule has 0 unspecified atom stereocenters. The third-order valence-electron chi connectivity index (χ3n) is 2.51. The SMILES string of the molecule is CC(C)c1csc(CNC(=O)Cc2cccs2)n1. The standard InChI is InChI=1S/C13H16N2OS2/c1-9(2)11-8-18-13(15-11)7-14-12(16)6-10-4-3-5-17-10/h3-5,8-9H,6-7H2,1-2H3,(H,14,16). The largest absolute Gasteiger partial charge is 0.349 e. The summed E-state index contributed by atoms with van der Waals surface area (Å²) in [7, 11) is 0. The average Bonchev–Trinajstić information content (AvgIpc) is 2.96. The predicted octanol–water partition coefficient (Wildman–Crippen LogP) is 3.19. The lowest BCUT2D eigenvalue weighted by atomic mass is 10.2. The maximum Gasteiger partial charge on any atom is 0.225 e. The Morgan fingerprint density at radius 2 is 2.28 bits per heavy atom. The number of rotatable bonds is 5. The molecule has 2 aromatic heterocycles. The molecule has 2 rings (SSSR count). The minimum Gasteiger partial charge on any atom is -0.349 e. The van der Waals surface area contributed by atoms with Gasteiger partial charge in [-0.25, -0.2) is 4.98 Å². The van der Waals surface area contributed by atoms with Gasteiger partial charge in [0.2, 0.25) is 5.91 Å². The first-order valence-electron chi connectivity index (χ1n) is 5.88. The van der Waals surface area contributed by atoms with Crippen LogP contribution in [0.2, 0.25) is 0 Å². The van der Waals surface area contributed by atoms with Crippen LogP contribution < -0.4 is 5.32 Å². The second kappa shape index (κ2) is 6.11. The number of amides is 1. The minimum atomic E-state index is 0.0544. The van der Waals surface area contributed by atoms with Gasteiger partial charge in [0, 0.05) is 10.3 Å². The highest BCUT2D eigenvalue weighted by molar-refractivity contribution is 7.10. The number of hydrogen-bond donors (Lipinski definition) is 1. The minimum absolute atomic E-state index is 0.0544. The van der Waals surface area contributed by atoms with Crippen molar-refractivity contribution in [2.45, 2.75) is 32.7 Å². The molecule has 0 spiro atoms. The van der Waals surface area contributed by atoms with Gasteiger partial charge in [-0.3, -0.25) is 4.79 Å². The fraction of sp³-hybridized carbons (Fsp3) is 0.385. The molecule has 2 aromatic rings. The lowest BCUT2D eigenvalue weighted by Crippen LogP contribution is -2.24. The summed E-state index contributed by atoms with van der Waals surface area (Å²) in [6, 6.07) is 3.94. The van der Waals surface area contributed by atoms with E-state index in [2.05, 4.69) is 29.5 Å². The lowest BCUT2D eigenvalue weighted by Gasteiger charge is -2.01. The van der Waals surface area contributed by atoms with Gasteiger partial charge in [0.1, 0.15) is 5.01 Å². The number of hydrogen-bond acceptors (Lipinski definition) is 4. The van der Waals surface area contributed by atoms with Gasteiger partial charge in [0.25, 0.3) is 0 Å². The van der Waals surface area contributed by atoms with Crippen molar-refractivity contribution >= 4 is 28.6 Å². The molecular weight excluding hydrogens is 264 g/mol. The Bertz CT molecular complexity index is 503. The number of nitrogens with zero attached hydrogens (tertiary/aromatic N) is 1. The van der Waals surface area contributed by atoms with Crippen molar-refractivity contribution in [3.8, 4) is 0 Å². The summed E-state index contributed by atoms with van der Waals surface area (Å²) in [5.74, 6) is 0.496. The van der Waals surface area contributed by atoms with Crippen molar-refractivity contribution in [1.29, 1.82) is 0 Å². The Morgan fingerprint density at radius 1 is 1.44 bits per heavy atom. The van der Waals surface area contributed by atoms with E-state index in [9.17, 15) is 4.79 Å². The van der Waals surface area contributed by atoms with E-state index in [4.69, 9.17) is 0 Å². The average molecular weight is 280 g/mol. The van der Waals surface area contributed by atoms with Gasteiger partial charge in [0.05, 0.1) is 18.7 Å². The van der Waals surface area contributed by atoms with Gasteiger partial charge in [-0.05, 0) is 17.4 Å². The lowest BCUT2D eigenvalue weighted by molar-refractivity contribution is -0.120. The van der Waals surface area contributed by atoms with E-state index >= 15 is 0 Å². The monoisotopic (exact) mass is 280 g/mol. The molecule has 0 radical (unpaired) electrons. The van der Waals surface area contributed by atoms with Crippen LogP contribution in [0.5, 0.6) is 0 Å². The number of carbonyl (C=O) groups is 1. The van der Waals surface area contributed by atoms with E-state index in [0.717, 1.165) is 15.6 Å². The van der Waals surface area contributed by atoms with Crippen LogP contribution in [0.4, 0.5) is 0 Å². The van der Waals surface area contributed by atoms with Crippen LogP contribution in [0.1, 0.15) is 35.3 Å². The molecule has 0 saturated heterocycles. The topological polar surface area (TPSA) is 42.0 Å². The van der Waals surface area contributed by atoms with Crippen LogP contribution in [-0.4, -0.2) is 10.9 Å². The molecule has 0 aromatic carbocycles. The number of thiazole rings is 1. The molecule has 0 saturated carbocycles. The Morgan fingerprint density at radius 3 is 2.89 bits per heavy atom. The third-order valence-corrected chi connectivity index (χ3v) is 4.26. The number of nitrogens with one attached hydrogen (secondary N) is 1. The number of carbonyl (C=O) groups excluding carboxylic acids is 1. The first-order chi connectivity index (χ1) is 8.65. The van der Waals surface area contributed by atoms with E-state index in [-0.39, 0.29) is 5.91 Å². The van der Waals surface area contributed by atoms with Crippen LogP contribution in [0.15, 0.2) is 22.9 Å². The van der Waals surface area contributed by atoms with E-state index in [0.29, 0.717) is 18.9 Å². The van der Waals surface area contributed by atoms with Crippen LogP contribution in [0, 0.1) is 0 Å². The van der Waals surface area contributed by atoms with Crippen molar-refractivity contribution < 1.29 is 4.79 Å². The maximum atomic E-state index is 11.7. The molecule has 1 N–H and O–H groups in total.